The van der Waals surface area contributed by atoms with E-state index in [0.29, 0.717) is 11.8 Å². The fourth-order valence-corrected chi connectivity index (χ4v) is 5.77. The van der Waals surface area contributed by atoms with Crippen molar-refractivity contribution in [1.29, 1.82) is 0 Å². The normalized spacial score (nSPS) is 44.8. The van der Waals surface area contributed by atoms with Gasteiger partial charge in [0.05, 0.1) is 0 Å². The number of hydrogen-bond donors (Lipinski definition) is 0. The van der Waals surface area contributed by atoms with Crippen LogP contribution in [-0.2, 0) is 0 Å². The van der Waals surface area contributed by atoms with Crippen molar-refractivity contribution in [2.75, 3.05) is 0 Å². The topological polar surface area (TPSA) is 0 Å². The van der Waals surface area contributed by atoms with Gasteiger partial charge in [0.2, 0.25) is 0 Å². The molecule has 3 saturated carbocycles. The Morgan fingerprint density at radius 2 is 1.50 bits per heavy atom. The molecule has 3 heteroatoms. The van der Waals surface area contributed by atoms with E-state index in [-0.39, 0.29) is 17.5 Å². The average Bonchev–Trinajstić information content (AvgIpc) is 2.63. The van der Waals surface area contributed by atoms with Gasteiger partial charge in [-0.05, 0) is 49.6 Å². The molecule has 5 unspecified atom stereocenters. The van der Waals surface area contributed by atoms with Gasteiger partial charge in [-0.2, -0.15) is 0 Å². The lowest BCUT2D eigenvalue weighted by molar-refractivity contribution is -0.105. The van der Waals surface area contributed by atoms with E-state index in [0.717, 1.165) is 38.5 Å². The SMILES string of the molecule is FC1(F)C(C2CCCCC2)CC2CCCC(P)C21. The molecule has 0 bridgehead atoms. The van der Waals surface area contributed by atoms with Gasteiger partial charge in [0.1, 0.15) is 0 Å². The lowest BCUT2D eigenvalue weighted by atomic mass is 9.77. The highest BCUT2D eigenvalue weighted by molar-refractivity contribution is 7.17. The number of rotatable bonds is 1. The summed E-state index contributed by atoms with van der Waals surface area (Å²) in [5.41, 5.74) is 0.160. The van der Waals surface area contributed by atoms with Crippen LogP contribution in [0.3, 0.4) is 0 Å². The van der Waals surface area contributed by atoms with Crippen molar-refractivity contribution in [2.45, 2.75) is 69.4 Å². The average molecular weight is 274 g/mol. The lowest BCUT2D eigenvalue weighted by Crippen LogP contribution is -2.41. The number of alkyl halides is 2. The van der Waals surface area contributed by atoms with Gasteiger partial charge in [-0.25, -0.2) is 8.78 Å². The minimum atomic E-state index is -2.39. The predicted octanol–water partition coefficient (Wildman–Crippen LogP) is 4.88. The summed E-state index contributed by atoms with van der Waals surface area (Å²) < 4.78 is 29.5. The van der Waals surface area contributed by atoms with Gasteiger partial charge < -0.3 is 0 Å². The summed E-state index contributed by atoms with van der Waals surface area (Å²) in [6.45, 7) is 0. The van der Waals surface area contributed by atoms with Crippen molar-refractivity contribution in [3.8, 4) is 0 Å². The van der Waals surface area contributed by atoms with Crippen molar-refractivity contribution < 1.29 is 8.78 Å². The second-order valence-corrected chi connectivity index (χ2v) is 7.65. The maximum absolute atomic E-state index is 14.8. The van der Waals surface area contributed by atoms with Crippen LogP contribution in [-0.4, -0.2) is 11.6 Å². The van der Waals surface area contributed by atoms with Crippen molar-refractivity contribution in [3.05, 3.63) is 0 Å². The molecule has 3 aliphatic rings. The van der Waals surface area contributed by atoms with Crippen LogP contribution in [0.4, 0.5) is 8.78 Å². The number of halogens is 2. The maximum atomic E-state index is 14.8. The summed E-state index contributed by atoms with van der Waals surface area (Å²) in [5, 5.41) is 0. The monoisotopic (exact) mass is 274 g/mol. The van der Waals surface area contributed by atoms with E-state index in [4.69, 9.17) is 0 Å². The molecule has 0 aromatic rings. The zero-order chi connectivity index (χ0) is 12.8. The zero-order valence-electron chi connectivity index (χ0n) is 11.1. The first-order valence-electron chi connectivity index (χ1n) is 7.74. The van der Waals surface area contributed by atoms with Crippen molar-refractivity contribution in [1.82, 2.24) is 0 Å². The standard InChI is InChI=1S/C15H25F2P/c16-15(17)12(10-5-2-1-3-6-10)9-11-7-4-8-13(18)14(11)15/h10-14H,1-9,18H2. The fourth-order valence-electron chi connectivity index (χ4n) is 4.96. The Morgan fingerprint density at radius 3 is 2.17 bits per heavy atom. The third kappa shape index (κ3) is 2.13. The molecule has 0 radical (unpaired) electrons. The summed E-state index contributed by atoms with van der Waals surface area (Å²) in [4.78, 5) is 0. The first-order valence-corrected chi connectivity index (χ1v) is 8.40. The van der Waals surface area contributed by atoms with Crippen LogP contribution in [0.15, 0.2) is 0 Å². The van der Waals surface area contributed by atoms with E-state index in [1.165, 1.54) is 19.3 Å². The van der Waals surface area contributed by atoms with Crippen molar-refractivity contribution >= 4 is 9.24 Å². The Kier molecular flexibility index (Phi) is 3.69. The second-order valence-electron chi connectivity index (χ2n) is 6.80. The molecule has 0 aliphatic heterocycles. The molecule has 0 heterocycles. The molecule has 0 spiro atoms. The van der Waals surface area contributed by atoms with Gasteiger partial charge in [0.25, 0.3) is 5.92 Å². The van der Waals surface area contributed by atoms with Crippen LogP contribution in [0.1, 0.15) is 57.8 Å². The van der Waals surface area contributed by atoms with Crippen LogP contribution in [0, 0.1) is 23.7 Å². The van der Waals surface area contributed by atoms with E-state index in [1.54, 1.807) is 0 Å². The number of hydrogen-bond acceptors (Lipinski definition) is 0. The van der Waals surface area contributed by atoms with Crippen LogP contribution >= 0.6 is 9.24 Å². The highest BCUT2D eigenvalue weighted by Gasteiger charge is 2.60. The fraction of sp³-hybridized carbons (Fsp3) is 1.00. The predicted molar refractivity (Wildman–Crippen MR) is 74.0 cm³/mol. The smallest absolute Gasteiger partial charge is 0.206 e. The molecule has 104 valence electrons. The second kappa shape index (κ2) is 5.00. The highest BCUT2D eigenvalue weighted by Crippen LogP contribution is 2.59. The molecule has 0 N–H and O–H groups in total. The molecule has 0 aromatic carbocycles. The Hall–Kier alpha value is 0.290. The molecular weight excluding hydrogens is 249 g/mol. The van der Waals surface area contributed by atoms with Gasteiger partial charge in [0, 0.05) is 11.8 Å². The van der Waals surface area contributed by atoms with Gasteiger partial charge in [-0.1, -0.05) is 25.7 Å². The largest absolute Gasteiger partial charge is 0.254 e. The minimum absolute atomic E-state index is 0.160. The van der Waals surface area contributed by atoms with Gasteiger partial charge in [-0.15, -0.1) is 9.24 Å². The van der Waals surface area contributed by atoms with Gasteiger partial charge in [-0.3, -0.25) is 0 Å². The Labute approximate surface area is 111 Å². The zero-order valence-corrected chi connectivity index (χ0v) is 12.2. The van der Waals surface area contributed by atoms with Crippen LogP contribution in [0.5, 0.6) is 0 Å². The third-order valence-corrected chi connectivity index (χ3v) is 6.54. The van der Waals surface area contributed by atoms with Crippen LogP contribution in [0.25, 0.3) is 0 Å². The van der Waals surface area contributed by atoms with Crippen LogP contribution in [0.2, 0.25) is 0 Å². The van der Waals surface area contributed by atoms with Crippen molar-refractivity contribution in [3.63, 3.8) is 0 Å². The van der Waals surface area contributed by atoms with Crippen LogP contribution < -0.4 is 0 Å². The molecule has 0 nitrogen and oxygen atoms in total. The van der Waals surface area contributed by atoms with E-state index in [1.807, 2.05) is 0 Å². The molecule has 5 atom stereocenters. The summed E-state index contributed by atoms with van der Waals surface area (Å²) in [7, 11) is 2.72. The van der Waals surface area contributed by atoms with Gasteiger partial charge >= 0.3 is 0 Å². The Bertz CT molecular complexity index is 299. The summed E-state index contributed by atoms with van der Waals surface area (Å²) in [6.07, 6.45) is 9.73. The Balaban J connectivity index is 1.79. The van der Waals surface area contributed by atoms with Crippen molar-refractivity contribution in [2.24, 2.45) is 23.7 Å². The molecule has 0 amide bonds. The molecule has 3 aliphatic carbocycles. The molecule has 0 aromatic heterocycles. The molecule has 18 heavy (non-hydrogen) atoms. The molecular formula is C15H25F2P. The molecule has 3 fully saturated rings. The number of fused-ring (bicyclic) bond motifs is 1. The summed E-state index contributed by atoms with van der Waals surface area (Å²) in [5.74, 6) is -2.39. The minimum Gasteiger partial charge on any atom is -0.206 e. The van der Waals surface area contributed by atoms with E-state index < -0.39 is 5.92 Å². The quantitative estimate of drug-likeness (QED) is 0.598. The van der Waals surface area contributed by atoms with E-state index >= 15 is 0 Å². The summed E-state index contributed by atoms with van der Waals surface area (Å²) in [6, 6.07) is 0. The van der Waals surface area contributed by atoms with E-state index in [2.05, 4.69) is 9.24 Å². The highest BCUT2D eigenvalue weighted by atomic mass is 31.0. The van der Waals surface area contributed by atoms with E-state index in [9.17, 15) is 8.78 Å². The first kappa shape index (κ1) is 13.3. The summed E-state index contributed by atoms with van der Waals surface area (Å²) >= 11 is 0. The first-order chi connectivity index (χ1) is 8.60. The molecule has 0 saturated heterocycles. The molecule has 3 rings (SSSR count). The maximum Gasteiger partial charge on any atom is 0.254 e. The third-order valence-electron chi connectivity index (χ3n) is 5.80. The Morgan fingerprint density at radius 1 is 0.833 bits per heavy atom. The van der Waals surface area contributed by atoms with Gasteiger partial charge in [0.15, 0.2) is 0 Å². The lowest BCUT2D eigenvalue weighted by Gasteiger charge is -2.37.